The maximum Gasteiger partial charge on any atom is 0.315 e. The topological polar surface area (TPSA) is 76.0 Å². The number of thiazole rings is 1. The molecule has 0 unspecified atom stereocenters. The number of urea groups is 1. The summed E-state index contributed by atoms with van der Waals surface area (Å²) in [7, 11) is 0. The number of carbonyl (C=O) groups is 1. The molecule has 0 atom stereocenters. The summed E-state index contributed by atoms with van der Waals surface area (Å²) in [5.41, 5.74) is 2.01. The number of nitrogens with one attached hydrogen (secondary N) is 2. The summed E-state index contributed by atoms with van der Waals surface area (Å²) in [6, 6.07) is 12.7. The van der Waals surface area contributed by atoms with Gasteiger partial charge in [0.2, 0.25) is 0 Å². The van der Waals surface area contributed by atoms with Crippen LogP contribution in [0, 0.1) is 6.92 Å². The number of rotatable bonds is 6. The highest BCUT2D eigenvalue weighted by molar-refractivity contribution is 7.11. The Labute approximate surface area is 155 Å². The SMILES string of the molecule is Cc1ncc(CNC(=O)NCc2ccc(Cn3ccccc3=O)cc2)s1. The molecule has 0 spiro atoms. The molecule has 0 saturated heterocycles. The summed E-state index contributed by atoms with van der Waals surface area (Å²) >= 11 is 1.57. The minimum Gasteiger partial charge on any atom is -0.334 e. The van der Waals surface area contributed by atoms with Crippen molar-refractivity contribution in [3.05, 3.63) is 86.2 Å². The summed E-state index contributed by atoms with van der Waals surface area (Å²) in [6.07, 6.45) is 3.55. The lowest BCUT2D eigenvalue weighted by Crippen LogP contribution is -2.34. The summed E-state index contributed by atoms with van der Waals surface area (Å²) in [6.45, 7) is 3.38. The largest absolute Gasteiger partial charge is 0.334 e. The van der Waals surface area contributed by atoms with Gasteiger partial charge in [-0.25, -0.2) is 9.78 Å². The van der Waals surface area contributed by atoms with Crippen molar-refractivity contribution in [2.75, 3.05) is 0 Å². The van der Waals surface area contributed by atoms with E-state index < -0.39 is 0 Å². The van der Waals surface area contributed by atoms with Crippen molar-refractivity contribution in [3.63, 3.8) is 0 Å². The predicted octanol–water partition coefficient (Wildman–Crippen LogP) is 2.66. The van der Waals surface area contributed by atoms with Crippen LogP contribution in [0.1, 0.15) is 21.0 Å². The number of carbonyl (C=O) groups excluding carboxylic acids is 1. The Kier molecular flexibility index (Phi) is 5.80. The van der Waals surface area contributed by atoms with Crippen LogP contribution in [0.4, 0.5) is 4.79 Å². The van der Waals surface area contributed by atoms with Gasteiger partial charge in [0, 0.05) is 29.9 Å². The van der Waals surface area contributed by atoms with Crippen LogP contribution in [-0.4, -0.2) is 15.6 Å². The van der Waals surface area contributed by atoms with Crippen molar-refractivity contribution in [1.82, 2.24) is 20.2 Å². The smallest absolute Gasteiger partial charge is 0.315 e. The zero-order valence-corrected chi connectivity index (χ0v) is 15.3. The Balaban J connectivity index is 1.47. The molecule has 0 aliphatic carbocycles. The number of aromatic nitrogens is 2. The van der Waals surface area contributed by atoms with Crippen LogP contribution in [0.5, 0.6) is 0 Å². The van der Waals surface area contributed by atoms with E-state index in [1.165, 1.54) is 0 Å². The van der Waals surface area contributed by atoms with Gasteiger partial charge in [0.25, 0.3) is 5.56 Å². The average molecular weight is 368 g/mol. The van der Waals surface area contributed by atoms with Gasteiger partial charge < -0.3 is 15.2 Å². The maximum atomic E-state index is 11.9. The fraction of sp³-hybridized carbons (Fsp3) is 0.211. The Morgan fingerprint density at radius 1 is 1.08 bits per heavy atom. The van der Waals surface area contributed by atoms with Crippen LogP contribution in [-0.2, 0) is 19.6 Å². The molecule has 0 fully saturated rings. The molecule has 134 valence electrons. The van der Waals surface area contributed by atoms with Crippen molar-refractivity contribution < 1.29 is 4.79 Å². The van der Waals surface area contributed by atoms with Crippen LogP contribution >= 0.6 is 11.3 Å². The van der Waals surface area contributed by atoms with E-state index in [1.54, 1.807) is 40.4 Å². The van der Waals surface area contributed by atoms with E-state index in [1.807, 2.05) is 37.3 Å². The lowest BCUT2D eigenvalue weighted by molar-refractivity contribution is 0.240. The minimum atomic E-state index is -0.212. The van der Waals surface area contributed by atoms with E-state index in [0.717, 1.165) is 21.0 Å². The highest BCUT2D eigenvalue weighted by Crippen LogP contribution is 2.10. The lowest BCUT2D eigenvalue weighted by Gasteiger charge is -2.08. The van der Waals surface area contributed by atoms with Gasteiger partial charge in [0.05, 0.1) is 18.1 Å². The monoisotopic (exact) mass is 368 g/mol. The molecule has 3 aromatic rings. The van der Waals surface area contributed by atoms with Gasteiger partial charge in [-0.3, -0.25) is 4.79 Å². The summed E-state index contributed by atoms with van der Waals surface area (Å²) in [5, 5.41) is 6.63. The zero-order chi connectivity index (χ0) is 18.4. The second-order valence-electron chi connectivity index (χ2n) is 5.87. The van der Waals surface area contributed by atoms with Crippen molar-refractivity contribution in [2.24, 2.45) is 0 Å². The number of hydrogen-bond donors (Lipinski definition) is 2. The number of nitrogens with zero attached hydrogens (tertiary/aromatic N) is 2. The number of pyridine rings is 1. The number of amides is 2. The van der Waals surface area contributed by atoms with Crippen LogP contribution in [0.25, 0.3) is 0 Å². The van der Waals surface area contributed by atoms with Crippen LogP contribution in [0.2, 0.25) is 0 Å². The van der Waals surface area contributed by atoms with Crippen molar-refractivity contribution in [3.8, 4) is 0 Å². The van der Waals surface area contributed by atoms with Crippen molar-refractivity contribution in [1.29, 1.82) is 0 Å². The first kappa shape index (κ1) is 17.9. The fourth-order valence-corrected chi connectivity index (χ4v) is 3.18. The van der Waals surface area contributed by atoms with Gasteiger partial charge in [-0.2, -0.15) is 0 Å². The molecule has 3 rings (SSSR count). The van der Waals surface area contributed by atoms with Crippen molar-refractivity contribution in [2.45, 2.75) is 26.6 Å². The summed E-state index contributed by atoms with van der Waals surface area (Å²) in [5.74, 6) is 0. The third kappa shape index (κ3) is 5.03. The Hall–Kier alpha value is -2.93. The lowest BCUT2D eigenvalue weighted by atomic mass is 10.1. The molecule has 0 aliphatic heterocycles. The van der Waals surface area contributed by atoms with E-state index in [2.05, 4.69) is 15.6 Å². The van der Waals surface area contributed by atoms with E-state index in [-0.39, 0.29) is 11.6 Å². The molecule has 0 aliphatic rings. The van der Waals surface area contributed by atoms with Gasteiger partial charge in [-0.05, 0) is 24.1 Å². The highest BCUT2D eigenvalue weighted by atomic mass is 32.1. The van der Waals surface area contributed by atoms with Gasteiger partial charge in [-0.1, -0.05) is 30.3 Å². The van der Waals surface area contributed by atoms with Crippen LogP contribution in [0.15, 0.2) is 59.7 Å². The third-order valence-corrected chi connectivity index (χ3v) is 4.73. The fourth-order valence-electron chi connectivity index (χ4n) is 2.45. The Bertz CT molecular complexity index is 931. The summed E-state index contributed by atoms with van der Waals surface area (Å²) in [4.78, 5) is 28.8. The first-order valence-corrected chi connectivity index (χ1v) is 9.08. The Morgan fingerprint density at radius 2 is 1.81 bits per heavy atom. The molecular weight excluding hydrogens is 348 g/mol. The molecule has 2 heterocycles. The van der Waals surface area contributed by atoms with E-state index in [0.29, 0.717) is 19.6 Å². The molecule has 2 aromatic heterocycles. The predicted molar refractivity (Wildman–Crippen MR) is 102 cm³/mol. The number of benzene rings is 1. The quantitative estimate of drug-likeness (QED) is 0.702. The van der Waals surface area contributed by atoms with E-state index >= 15 is 0 Å². The molecule has 2 N–H and O–H groups in total. The molecule has 1 aromatic carbocycles. The van der Waals surface area contributed by atoms with Crippen LogP contribution in [0.3, 0.4) is 0 Å². The number of hydrogen-bond acceptors (Lipinski definition) is 4. The second kappa shape index (κ2) is 8.44. The van der Waals surface area contributed by atoms with Crippen molar-refractivity contribution >= 4 is 17.4 Å². The third-order valence-electron chi connectivity index (χ3n) is 3.82. The highest BCUT2D eigenvalue weighted by Gasteiger charge is 2.03. The second-order valence-corrected chi connectivity index (χ2v) is 7.18. The summed E-state index contributed by atoms with van der Waals surface area (Å²) < 4.78 is 1.65. The van der Waals surface area contributed by atoms with Gasteiger partial charge in [-0.15, -0.1) is 11.3 Å². The number of aryl methyl sites for hydroxylation is 1. The molecule has 0 radical (unpaired) electrons. The molecule has 7 heteroatoms. The zero-order valence-electron chi connectivity index (χ0n) is 14.4. The first-order valence-electron chi connectivity index (χ1n) is 8.26. The van der Waals surface area contributed by atoms with Gasteiger partial charge in [0.15, 0.2) is 0 Å². The normalized spacial score (nSPS) is 10.5. The average Bonchev–Trinajstić information content (AvgIpc) is 3.07. The molecular formula is C19H20N4O2S. The molecule has 6 nitrogen and oxygen atoms in total. The maximum absolute atomic E-state index is 11.9. The van der Waals surface area contributed by atoms with E-state index in [4.69, 9.17) is 0 Å². The minimum absolute atomic E-state index is 0.0222. The standard InChI is InChI=1S/C19H20N4O2S/c1-14-20-11-17(26-14)12-22-19(25)21-10-15-5-7-16(8-6-15)13-23-9-3-2-4-18(23)24/h2-9,11H,10,12-13H2,1H3,(H2,21,22,25). The molecule has 0 saturated carbocycles. The first-order chi connectivity index (χ1) is 12.6. The van der Waals surface area contributed by atoms with Crippen LogP contribution < -0.4 is 16.2 Å². The molecule has 26 heavy (non-hydrogen) atoms. The van der Waals surface area contributed by atoms with Gasteiger partial charge in [0.1, 0.15) is 0 Å². The van der Waals surface area contributed by atoms with E-state index in [9.17, 15) is 9.59 Å². The Morgan fingerprint density at radius 3 is 2.50 bits per heavy atom. The van der Waals surface area contributed by atoms with Gasteiger partial charge >= 0.3 is 6.03 Å². The molecule has 2 amide bonds. The molecule has 0 bridgehead atoms.